The highest BCUT2D eigenvalue weighted by atomic mass is 16.1. The first-order chi connectivity index (χ1) is 10.8. The van der Waals surface area contributed by atoms with Gasteiger partial charge in [-0.1, -0.05) is 24.3 Å². The largest absolute Gasteiger partial charge is 0.352 e. The van der Waals surface area contributed by atoms with Crippen molar-refractivity contribution in [2.75, 3.05) is 0 Å². The van der Waals surface area contributed by atoms with Gasteiger partial charge in [-0.05, 0) is 18.6 Å². The van der Waals surface area contributed by atoms with Gasteiger partial charge in [0.2, 0.25) is 5.91 Å². The number of pyridine rings is 1. The van der Waals surface area contributed by atoms with Crippen LogP contribution in [0.15, 0.2) is 48.8 Å². The van der Waals surface area contributed by atoms with Gasteiger partial charge in [0.25, 0.3) is 0 Å². The summed E-state index contributed by atoms with van der Waals surface area (Å²) in [6, 6.07) is 12.3. The van der Waals surface area contributed by atoms with Crippen molar-refractivity contribution in [2.24, 2.45) is 0 Å². The van der Waals surface area contributed by atoms with Crippen molar-refractivity contribution in [1.29, 1.82) is 0 Å². The Balaban J connectivity index is 1.67. The molecule has 4 rings (SSSR count). The maximum Gasteiger partial charge on any atom is 0.220 e. The number of hydrogen-bond acceptors (Lipinski definition) is 3. The third-order valence-electron chi connectivity index (χ3n) is 4.05. The summed E-state index contributed by atoms with van der Waals surface area (Å²) < 4.78 is 2.06. The maximum absolute atomic E-state index is 11.3. The quantitative estimate of drug-likeness (QED) is 0.806. The minimum Gasteiger partial charge on any atom is -0.352 e. The molecule has 1 saturated heterocycles. The zero-order valence-electron chi connectivity index (χ0n) is 12.1. The third kappa shape index (κ3) is 2.35. The van der Waals surface area contributed by atoms with Crippen LogP contribution in [0.1, 0.15) is 12.8 Å². The van der Waals surface area contributed by atoms with Crippen molar-refractivity contribution in [3.8, 4) is 11.5 Å². The fourth-order valence-corrected chi connectivity index (χ4v) is 2.93. The third-order valence-corrected chi connectivity index (χ3v) is 4.05. The Labute approximate surface area is 128 Å². The molecule has 1 aliphatic heterocycles. The van der Waals surface area contributed by atoms with Gasteiger partial charge < -0.3 is 9.88 Å². The molecule has 1 fully saturated rings. The zero-order valence-corrected chi connectivity index (χ0v) is 12.1. The number of aromatic nitrogens is 3. The highest BCUT2D eigenvalue weighted by Gasteiger charge is 2.22. The van der Waals surface area contributed by atoms with E-state index in [1.807, 2.05) is 36.5 Å². The lowest BCUT2D eigenvalue weighted by atomic mass is 10.2. The van der Waals surface area contributed by atoms with Gasteiger partial charge in [0, 0.05) is 36.8 Å². The second-order valence-corrected chi connectivity index (χ2v) is 5.60. The zero-order chi connectivity index (χ0) is 14.9. The van der Waals surface area contributed by atoms with E-state index >= 15 is 0 Å². The lowest BCUT2D eigenvalue weighted by Gasteiger charge is -2.13. The Morgan fingerprint density at radius 2 is 2.14 bits per heavy atom. The fourth-order valence-electron chi connectivity index (χ4n) is 2.93. The fraction of sp³-hybridized carbons (Fsp3) is 0.235. The molecular weight excluding hydrogens is 276 g/mol. The van der Waals surface area contributed by atoms with Gasteiger partial charge in [-0.2, -0.15) is 0 Å². The minimum atomic E-state index is 0.135. The van der Waals surface area contributed by atoms with Crippen molar-refractivity contribution >= 4 is 16.8 Å². The summed E-state index contributed by atoms with van der Waals surface area (Å²) in [6.07, 6.45) is 5.21. The lowest BCUT2D eigenvalue weighted by molar-refractivity contribution is -0.119. The summed E-state index contributed by atoms with van der Waals surface area (Å²) in [7, 11) is 0. The molecule has 1 amide bonds. The van der Waals surface area contributed by atoms with Crippen LogP contribution in [-0.2, 0) is 11.3 Å². The van der Waals surface area contributed by atoms with Crippen LogP contribution in [0.2, 0.25) is 0 Å². The molecule has 110 valence electrons. The molecule has 3 heterocycles. The second-order valence-electron chi connectivity index (χ2n) is 5.60. The van der Waals surface area contributed by atoms with E-state index in [0.717, 1.165) is 35.4 Å². The first kappa shape index (κ1) is 13.0. The molecule has 1 N–H and O–H groups in total. The Hall–Kier alpha value is -2.69. The average molecular weight is 292 g/mol. The van der Waals surface area contributed by atoms with Crippen LogP contribution >= 0.6 is 0 Å². The molecule has 1 aromatic carbocycles. The van der Waals surface area contributed by atoms with E-state index in [2.05, 4.69) is 20.9 Å². The van der Waals surface area contributed by atoms with Crippen LogP contribution < -0.4 is 5.32 Å². The molecule has 0 radical (unpaired) electrons. The molecule has 1 unspecified atom stereocenters. The molecule has 1 aliphatic rings. The van der Waals surface area contributed by atoms with E-state index in [0.29, 0.717) is 6.42 Å². The molecule has 5 heteroatoms. The predicted octanol–water partition coefficient (Wildman–Crippen LogP) is 2.38. The van der Waals surface area contributed by atoms with E-state index in [4.69, 9.17) is 4.98 Å². The molecule has 0 spiro atoms. The number of carbonyl (C=O) groups excluding carboxylic acids is 1. The Morgan fingerprint density at radius 1 is 1.23 bits per heavy atom. The monoisotopic (exact) mass is 292 g/mol. The topological polar surface area (TPSA) is 59.8 Å². The van der Waals surface area contributed by atoms with E-state index in [1.165, 1.54) is 0 Å². The Bertz CT molecular complexity index is 839. The molecule has 3 aromatic rings. The van der Waals surface area contributed by atoms with Crippen LogP contribution in [0, 0.1) is 0 Å². The standard InChI is InChI=1S/C17H16N4O/c22-16-8-6-13(19-16)11-21-10-9-18-17(21)15-7-5-12-3-1-2-4-14(12)20-15/h1-5,7,9-10,13H,6,8,11H2,(H,19,22). The van der Waals surface area contributed by atoms with Gasteiger partial charge in [0.15, 0.2) is 5.82 Å². The summed E-state index contributed by atoms with van der Waals surface area (Å²) in [5, 5.41) is 4.11. The van der Waals surface area contributed by atoms with Crippen LogP contribution in [0.25, 0.3) is 22.4 Å². The Morgan fingerprint density at radius 3 is 3.00 bits per heavy atom. The predicted molar refractivity (Wildman–Crippen MR) is 84.1 cm³/mol. The number of fused-ring (bicyclic) bond motifs is 1. The number of hydrogen-bond donors (Lipinski definition) is 1. The molecule has 1 atom stereocenters. The van der Waals surface area contributed by atoms with Crippen molar-refractivity contribution in [1.82, 2.24) is 19.9 Å². The van der Waals surface area contributed by atoms with Crippen LogP contribution in [-0.4, -0.2) is 26.5 Å². The molecule has 0 bridgehead atoms. The van der Waals surface area contributed by atoms with Crippen LogP contribution in [0.4, 0.5) is 0 Å². The summed E-state index contributed by atoms with van der Waals surface area (Å²) in [5.41, 5.74) is 1.82. The van der Waals surface area contributed by atoms with E-state index in [9.17, 15) is 4.79 Å². The summed E-state index contributed by atoms with van der Waals surface area (Å²) in [4.78, 5) is 20.5. The number of nitrogens with zero attached hydrogens (tertiary/aromatic N) is 3. The van der Waals surface area contributed by atoms with Gasteiger partial charge in [-0.3, -0.25) is 4.79 Å². The van der Waals surface area contributed by atoms with Crippen LogP contribution in [0.3, 0.4) is 0 Å². The van der Waals surface area contributed by atoms with Crippen LogP contribution in [0.5, 0.6) is 0 Å². The van der Waals surface area contributed by atoms with Gasteiger partial charge in [-0.25, -0.2) is 9.97 Å². The van der Waals surface area contributed by atoms with Gasteiger partial charge in [0.1, 0.15) is 5.69 Å². The molecule has 2 aromatic heterocycles. The summed E-state index contributed by atoms with van der Waals surface area (Å²) in [5.74, 6) is 0.974. The number of nitrogens with one attached hydrogen (secondary N) is 1. The van der Waals surface area contributed by atoms with E-state index in [-0.39, 0.29) is 11.9 Å². The van der Waals surface area contributed by atoms with E-state index in [1.54, 1.807) is 6.20 Å². The summed E-state index contributed by atoms with van der Waals surface area (Å²) >= 11 is 0. The molecule has 5 nitrogen and oxygen atoms in total. The first-order valence-electron chi connectivity index (χ1n) is 7.46. The highest BCUT2D eigenvalue weighted by Crippen LogP contribution is 2.21. The van der Waals surface area contributed by atoms with Gasteiger partial charge in [-0.15, -0.1) is 0 Å². The Kier molecular flexibility index (Phi) is 3.11. The number of imidazole rings is 1. The van der Waals surface area contributed by atoms with Crippen molar-refractivity contribution in [3.05, 3.63) is 48.8 Å². The average Bonchev–Trinajstić information content (AvgIpc) is 3.16. The lowest BCUT2D eigenvalue weighted by Crippen LogP contribution is -2.29. The van der Waals surface area contributed by atoms with Crippen molar-refractivity contribution in [2.45, 2.75) is 25.4 Å². The molecule has 0 saturated carbocycles. The normalized spacial score (nSPS) is 17.8. The number of amides is 1. The number of benzene rings is 1. The minimum absolute atomic E-state index is 0.135. The van der Waals surface area contributed by atoms with Gasteiger partial charge in [0.05, 0.1) is 5.52 Å². The number of carbonyl (C=O) groups is 1. The highest BCUT2D eigenvalue weighted by molar-refractivity contribution is 5.80. The van der Waals surface area contributed by atoms with E-state index < -0.39 is 0 Å². The number of rotatable bonds is 3. The SMILES string of the molecule is O=C1CCC(Cn2ccnc2-c2ccc3ccccc3n2)N1. The smallest absolute Gasteiger partial charge is 0.220 e. The molecule has 22 heavy (non-hydrogen) atoms. The molecule has 0 aliphatic carbocycles. The molecular formula is C17H16N4O. The second kappa shape index (κ2) is 5.26. The maximum atomic E-state index is 11.3. The number of para-hydroxylation sites is 1. The van der Waals surface area contributed by atoms with Crippen molar-refractivity contribution in [3.63, 3.8) is 0 Å². The van der Waals surface area contributed by atoms with Crippen molar-refractivity contribution < 1.29 is 4.79 Å². The summed E-state index contributed by atoms with van der Waals surface area (Å²) in [6.45, 7) is 0.732. The first-order valence-corrected chi connectivity index (χ1v) is 7.46. The van der Waals surface area contributed by atoms with Gasteiger partial charge >= 0.3 is 0 Å².